The first-order valence-electron chi connectivity index (χ1n) is 6.67. The number of hydrogen-bond acceptors (Lipinski definition) is 6. The van der Waals surface area contributed by atoms with Crippen molar-refractivity contribution in [1.82, 2.24) is 5.32 Å². The van der Waals surface area contributed by atoms with Gasteiger partial charge in [-0.05, 0) is 63.7 Å². The average molecular weight is 583 g/mol. The lowest BCUT2D eigenvalue weighted by Crippen LogP contribution is -2.25. The van der Waals surface area contributed by atoms with E-state index < -0.39 is 34.4 Å². The third-order valence-electron chi connectivity index (χ3n) is 2.72. The molecule has 0 unspecified atom stereocenters. The molecular formula is C13H15I2NO7S. The highest BCUT2D eigenvalue weighted by molar-refractivity contribution is 14.1. The van der Waals surface area contributed by atoms with Crippen LogP contribution in [0.4, 0.5) is 0 Å². The van der Waals surface area contributed by atoms with Gasteiger partial charge in [-0.15, -0.1) is 0 Å². The van der Waals surface area contributed by atoms with E-state index in [1.54, 1.807) is 12.1 Å². The molecule has 1 aromatic rings. The fraction of sp³-hybridized carbons (Fsp3) is 0.385. The summed E-state index contributed by atoms with van der Waals surface area (Å²) < 4.78 is 35.4. The first-order valence-corrected chi connectivity index (χ1v) is 10.4. The summed E-state index contributed by atoms with van der Waals surface area (Å²) in [5.41, 5.74) is 0.155. The van der Waals surface area contributed by atoms with Gasteiger partial charge in [-0.3, -0.25) is 14.1 Å². The molecule has 0 saturated carbocycles. The standard InChI is InChI=1S/C13H15I2NO7S/c14-8-6-9(12(18)10(15)7-8)13(19)16-3-1-2-11(17)23-4-5-24(20,21)22/h6-7,18H,1-5H2,(H,16,19)(H,20,21,22). The Bertz CT molecular complexity index is 721. The summed E-state index contributed by atoms with van der Waals surface area (Å²) in [5, 5.41) is 12.5. The molecule has 0 atom stereocenters. The van der Waals surface area contributed by atoms with Gasteiger partial charge in [0, 0.05) is 16.5 Å². The van der Waals surface area contributed by atoms with Crippen LogP contribution in [0.25, 0.3) is 0 Å². The number of amides is 1. The van der Waals surface area contributed by atoms with Gasteiger partial charge < -0.3 is 15.2 Å². The molecule has 0 radical (unpaired) electrons. The minimum atomic E-state index is -4.16. The second-order valence-corrected chi connectivity index (χ2v) is 8.63. The number of carbonyl (C=O) groups excluding carboxylic acids is 2. The van der Waals surface area contributed by atoms with Gasteiger partial charge in [0.25, 0.3) is 16.0 Å². The Balaban J connectivity index is 2.35. The van der Waals surface area contributed by atoms with Crippen LogP contribution in [0, 0.1) is 7.14 Å². The van der Waals surface area contributed by atoms with Crippen LogP contribution in [-0.4, -0.2) is 48.9 Å². The monoisotopic (exact) mass is 583 g/mol. The number of phenolic OH excluding ortho intramolecular Hbond substituents is 1. The van der Waals surface area contributed by atoms with E-state index in [0.29, 0.717) is 3.57 Å². The van der Waals surface area contributed by atoms with Crippen molar-refractivity contribution < 1.29 is 32.4 Å². The van der Waals surface area contributed by atoms with Crippen molar-refractivity contribution in [3.8, 4) is 5.75 Å². The van der Waals surface area contributed by atoms with E-state index in [-0.39, 0.29) is 30.7 Å². The van der Waals surface area contributed by atoms with Crippen molar-refractivity contribution in [2.75, 3.05) is 18.9 Å². The summed E-state index contributed by atoms with van der Waals surface area (Å²) >= 11 is 3.96. The zero-order valence-corrected chi connectivity index (χ0v) is 17.4. The smallest absolute Gasteiger partial charge is 0.305 e. The zero-order valence-electron chi connectivity index (χ0n) is 12.3. The molecule has 0 aliphatic rings. The number of aromatic hydroxyl groups is 1. The number of phenols is 1. The summed E-state index contributed by atoms with van der Waals surface area (Å²) in [6.07, 6.45) is 0.278. The van der Waals surface area contributed by atoms with Crippen molar-refractivity contribution in [3.05, 3.63) is 24.8 Å². The second kappa shape index (κ2) is 9.72. The van der Waals surface area contributed by atoms with Crippen molar-refractivity contribution in [2.24, 2.45) is 0 Å². The maximum absolute atomic E-state index is 12.0. The highest BCUT2D eigenvalue weighted by Gasteiger charge is 2.15. The van der Waals surface area contributed by atoms with Gasteiger partial charge in [0.05, 0.1) is 9.13 Å². The Morgan fingerprint density at radius 3 is 2.54 bits per heavy atom. The highest BCUT2D eigenvalue weighted by Crippen LogP contribution is 2.26. The van der Waals surface area contributed by atoms with Crippen molar-refractivity contribution in [1.29, 1.82) is 0 Å². The zero-order chi connectivity index (χ0) is 18.3. The molecule has 1 rings (SSSR count). The summed E-state index contributed by atoms with van der Waals surface area (Å²) in [7, 11) is -4.16. The first kappa shape index (κ1) is 21.4. The fourth-order valence-electron chi connectivity index (χ4n) is 1.60. The largest absolute Gasteiger partial charge is 0.506 e. The predicted octanol–water partition coefficient (Wildman–Crippen LogP) is 1.54. The van der Waals surface area contributed by atoms with Crippen molar-refractivity contribution in [3.63, 3.8) is 0 Å². The maximum atomic E-state index is 12.0. The lowest BCUT2D eigenvalue weighted by Gasteiger charge is -2.09. The molecule has 8 nitrogen and oxygen atoms in total. The Morgan fingerprint density at radius 1 is 1.25 bits per heavy atom. The molecule has 134 valence electrons. The summed E-state index contributed by atoms with van der Waals surface area (Å²) in [6, 6.07) is 3.28. The molecule has 1 aromatic carbocycles. The van der Waals surface area contributed by atoms with E-state index in [1.807, 2.05) is 45.2 Å². The Kier molecular flexibility index (Phi) is 8.66. The Morgan fingerprint density at radius 2 is 1.92 bits per heavy atom. The van der Waals surface area contributed by atoms with Crippen LogP contribution in [-0.2, 0) is 19.6 Å². The second-order valence-electron chi connectivity index (χ2n) is 4.65. The van der Waals surface area contributed by atoms with Crippen LogP contribution in [0.3, 0.4) is 0 Å². The van der Waals surface area contributed by atoms with E-state index in [9.17, 15) is 23.1 Å². The Hall–Kier alpha value is -0.670. The molecule has 1 amide bonds. The minimum Gasteiger partial charge on any atom is -0.506 e. The number of nitrogens with one attached hydrogen (secondary N) is 1. The van der Waals surface area contributed by atoms with Crippen LogP contribution in [0.5, 0.6) is 5.75 Å². The van der Waals surface area contributed by atoms with Crippen LogP contribution >= 0.6 is 45.2 Å². The minimum absolute atomic E-state index is 0.0123. The number of rotatable bonds is 8. The molecule has 0 bridgehead atoms. The molecule has 0 aliphatic carbocycles. The predicted molar refractivity (Wildman–Crippen MR) is 102 cm³/mol. The highest BCUT2D eigenvalue weighted by atomic mass is 127. The lowest BCUT2D eigenvalue weighted by molar-refractivity contribution is -0.143. The van der Waals surface area contributed by atoms with Crippen LogP contribution in [0.2, 0.25) is 0 Å². The summed E-state index contributed by atoms with van der Waals surface area (Å²) in [6.45, 7) is -0.230. The van der Waals surface area contributed by atoms with Gasteiger partial charge in [0.1, 0.15) is 18.1 Å². The lowest BCUT2D eigenvalue weighted by atomic mass is 10.2. The van der Waals surface area contributed by atoms with E-state index in [1.165, 1.54) is 0 Å². The van der Waals surface area contributed by atoms with Crippen LogP contribution in [0.1, 0.15) is 23.2 Å². The van der Waals surface area contributed by atoms with Crippen molar-refractivity contribution in [2.45, 2.75) is 12.8 Å². The third-order valence-corrected chi connectivity index (χ3v) is 4.85. The van der Waals surface area contributed by atoms with Crippen molar-refractivity contribution >= 4 is 67.2 Å². The molecule has 0 fully saturated rings. The van der Waals surface area contributed by atoms with Crippen LogP contribution in [0.15, 0.2) is 12.1 Å². The van der Waals surface area contributed by atoms with E-state index in [2.05, 4.69) is 10.1 Å². The molecule has 0 aromatic heterocycles. The van der Waals surface area contributed by atoms with Crippen LogP contribution < -0.4 is 5.32 Å². The Labute approximate surface area is 166 Å². The van der Waals surface area contributed by atoms with Gasteiger partial charge in [-0.2, -0.15) is 8.42 Å². The van der Waals surface area contributed by atoms with Gasteiger partial charge in [0.2, 0.25) is 0 Å². The molecule has 24 heavy (non-hydrogen) atoms. The first-order chi connectivity index (χ1) is 11.1. The number of ether oxygens (including phenoxy) is 1. The van der Waals surface area contributed by atoms with Gasteiger partial charge in [0.15, 0.2) is 0 Å². The molecule has 3 N–H and O–H groups in total. The molecule has 11 heteroatoms. The van der Waals surface area contributed by atoms with E-state index in [4.69, 9.17) is 4.55 Å². The molecule has 0 spiro atoms. The number of hydrogen-bond donors (Lipinski definition) is 3. The van der Waals surface area contributed by atoms with E-state index >= 15 is 0 Å². The maximum Gasteiger partial charge on any atom is 0.305 e. The molecular weight excluding hydrogens is 568 g/mol. The fourth-order valence-corrected chi connectivity index (χ4v) is 3.74. The summed E-state index contributed by atoms with van der Waals surface area (Å²) in [4.78, 5) is 23.3. The SMILES string of the molecule is O=C(CCCNC(=O)c1cc(I)cc(I)c1O)OCCS(=O)(=O)O. The topological polar surface area (TPSA) is 130 Å². The number of benzene rings is 1. The normalized spacial score (nSPS) is 11.1. The van der Waals surface area contributed by atoms with Gasteiger partial charge in [-0.25, -0.2) is 0 Å². The quantitative estimate of drug-likeness (QED) is 0.183. The van der Waals surface area contributed by atoms with Gasteiger partial charge >= 0.3 is 5.97 Å². The third kappa shape index (κ3) is 7.94. The summed E-state index contributed by atoms with van der Waals surface area (Å²) in [5.74, 6) is -1.83. The molecule has 0 aliphatic heterocycles. The van der Waals surface area contributed by atoms with Gasteiger partial charge in [-0.1, -0.05) is 0 Å². The molecule has 0 heterocycles. The number of carbonyl (C=O) groups is 2. The number of esters is 1. The average Bonchev–Trinajstić information content (AvgIpc) is 2.45. The molecule has 0 saturated heterocycles. The van der Waals surface area contributed by atoms with E-state index in [0.717, 1.165) is 3.57 Å². The number of halogens is 2.